The van der Waals surface area contributed by atoms with Crippen LogP contribution in [0.2, 0.25) is 0 Å². The summed E-state index contributed by atoms with van der Waals surface area (Å²) in [5, 5.41) is 2.16. The van der Waals surface area contributed by atoms with Crippen molar-refractivity contribution < 1.29 is 0 Å². The quantitative estimate of drug-likeness (QED) is 0.672. The molecule has 0 aliphatic rings. The number of hydrogen-bond donors (Lipinski definition) is 1. The lowest BCUT2D eigenvalue weighted by Gasteiger charge is -2.19. The van der Waals surface area contributed by atoms with Crippen molar-refractivity contribution in [2.45, 2.75) is 39.2 Å². The third kappa shape index (κ3) is 5.64. The molecule has 1 aromatic heterocycles. The van der Waals surface area contributed by atoms with Crippen LogP contribution < -0.4 is 5.73 Å². The average Bonchev–Trinajstić information content (AvgIpc) is 2.80. The lowest BCUT2D eigenvalue weighted by atomic mass is 10.2. The zero-order valence-electron chi connectivity index (χ0n) is 10.3. The van der Waals surface area contributed by atoms with Crippen molar-refractivity contribution in [3.63, 3.8) is 0 Å². The Labute approximate surface area is 103 Å². The van der Waals surface area contributed by atoms with Gasteiger partial charge in [-0.2, -0.15) is 0 Å². The van der Waals surface area contributed by atoms with Crippen LogP contribution in [-0.2, 0) is 6.54 Å². The van der Waals surface area contributed by atoms with Crippen LogP contribution in [0.5, 0.6) is 0 Å². The molecule has 0 amide bonds. The fourth-order valence-corrected chi connectivity index (χ4v) is 2.55. The van der Waals surface area contributed by atoms with Gasteiger partial charge in [-0.05, 0) is 43.9 Å². The molecule has 0 saturated heterocycles. The molecule has 0 fully saturated rings. The van der Waals surface area contributed by atoms with Gasteiger partial charge in [0.05, 0.1) is 0 Å². The molecule has 0 atom stereocenters. The fourth-order valence-electron chi connectivity index (χ4n) is 1.81. The summed E-state index contributed by atoms with van der Waals surface area (Å²) in [4.78, 5) is 4.00. The summed E-state index contributed by atoms with van der Waals surface area (Å²) in [5.41, 5.74) is 5.48. The second-order valence-electron chi connectivity index (χ2n) is 4.15. The first-order valence-corrected chi connectivity index (χ1v) is 7.19. The Morgan fingerprint density at radius 2 is 2.06 bits per heavy atom. The van der Waals surface area contributed by atoms with E-state index < -0.39 is 0 Å². The Kier molecular flexibility index (Phi) is 7.47. The Morgan fingerprint density at radius 1 is 1.25 bits per heavy atom. The number of unbranched alkanes of at least 4 members (excludes halogenated alkanes) is 3. The minimum atomic E-state index is 0.840. The topological polar surface area (TPSA) is 29.3 Å². The molecular formula is C13H24N2S. The maximum Gasteiger partial charge on any atom is 0.0327 e. The van der Waals surface area contributed by atoms with E-state index in [1.807, 2.05) is 11.3 Å². The molecule has 0 saturated carbocycles. The predicted octanol–water partition coefficient (Wildman–Crippen LogP) is 3.09. The van der Waals surface area contributed by atoms with Gasteiger partial charge in [-0.1, -0.05) is 25.8 Å². The van der Waals surface area contributed by atoms with Crippen molar-refractivity contribution in [3.05, 3.63) is 22.4 Å². The highest BCUT2D eigenvalue weighted by Gasteiger charge is 2.03. The maximum atomic E-state index is 5.48. The average molecular weight is 240 g/mol. The van der Waals surface area contributed by atoms with E-state index in [9.17, 15) is 0 Å². The van der Waals surface area contributed by atoms with Gasteiger partial charge in [0.15, 0.2) is 0 Å². The summed E-state index contributed by atoms with van der Waals surface area (Å²) >= 11 is 1.86. The van der Waals surface area contributed by atoms with Crippen molar-refractivity contribution >= 4 is 11.3 Å². The molecule has 1 aromatic rings. The van der Waals surface area contributed by atoms with Gasteiger partial charge in [-0.3, -0.25) is 4.90 Å². The Balaban J connectivity index is 2.12. The van der Waals surface area contributed by atoms with Gasteiger partial charge < -0.3 is 5.73 Å². The normalized spacial score (nSPS) is 11.2. The third-order valence-electron chi connectivity index (χ3n) is 2.84. The van der Waals surface area contributed by atoms with E-state index >= 15 is 0 Å². The van der Waals surface area contributed by atoms with Crippen molar-refractivity contribution in [2.24, 2.45) is 5.73 Å². The van der Waals surface area contributed by atoms with Gasteiger partial charge in [-0.25, -0.2) is 0 Å². The molecule has 92 valence electrons. The number of hydrogen-bond acceptors (Lipinski definition) is 3. The Morgan fingerprint density at radius 3 is 2.69 bits per heavy atom. The molecule has 0 aromatic carbocycles. The monoisotopic (exact) mass is 240 g/mol. The molecule has 2 nitrogen and oxygen atoms in total. The van der Waals surface area contributed by atoms with Crippen LogP contribution in [0.1, 0.15) is 37.5 Å². The van der Waals surface area contributed by atoms with E-state index in [4.69, 9.17) is 5.73 Å². The van der Waals surface area contributed by atoms with Crippen LogP contribution in [0.15, 0.2) is 17.5 Å². The highest BCUT2D eigenvalue weighted by Crippen LogP contribution is 2.12. The number of rotatable bonds is 9. The molecule has 0 radical (unpaired) electrons. The Hall–Kier alpha value is -0.380. The molecule has 1 heterocycles. The van der Waals surface area contributed by atoms with Gasteiger partial charge in [0.2, 0.25) is 0 Å². The molecule has 2 N–H and O–H groups in total. The first-order chi connectivity index (χ1) is 7.86. The van der Waals surface area contributed by atoms with Gasteiger partial charge in [0, 0.05) is 11.4 Å². The van der Waals surface area contributed by atoms with E-state index in [0.29, 0.717) is 0 Å². The molecule has 0 aliphatic carbocycles. The molecule has 0 unspecified atom stereocenters. The summed E-state index contributed by atoms with van der Waals surface area (Å²) in [6.45, 7) is 6.57. The summed E-state index contributed by atoms with van der Waals surface area (Å²) < 4.78 is 0. The predicted molar refractivity (Wildman–Crippen MR) is 72.8 cm³/mol. The lowest BCUT2D eigenvalue weighted by molar-refractivity contribution is 0.275. The molecule has 0 aliphatic heterocycles. The van der Waals surface area contributed by atoms with E-state index in [0.717, 1.165) is 19.6 Å². The zero-order valence-corrected chi connectivity index (χ0v) is 11.1. The standard InChI is InChI=1S/C13H24N2S/c1-2-15(10-6-4-3-5-9-14)12-13-8-7-11-16-13/h7-8,11H,2-6,9-10,12,14H2,1H3. The molecule has 3 heteroatoms. The summed E-state index contributed by atoms with van der Waals surface area (Å²) in [6, 6.07) is 4.36. The highest BCUT2D eigenvalue weighted by atomic mass is 32.1. The van der Waals surface area contributed by atoms with E-state index in [2.05, 4.69) is 29.3 Å². The molecule has 0 spiro atoms. The molecule has 0 bridgehead atoms. The largest absolute Gasteiger partial charge is 0.330 e. The van der Waals surface area contributed by atoms with Crippen LogP contribution in [0.4, 0.5) is 0 Å². The van der Waals surface area contributed by atoms with Crippen LogP contribution in [0, 0.1) is 0 Å². The van der Waals surface area contributed by atoms with Crippen LogP contribution >= 0.6 is 11.3 Å². The second kappa shape index (κ2) is 8.74. The number of thiophene rings is 1. The summed E-state index contributed by atoms with van der Waals surface area (Å²) in [5.74, 6) is 0. The first kappa shape index (κ1) is 13.7. The minimum Gasteiger partial charge on any atom is -0.330 e. The van der Waals surface area contributed by atoms with E-state index in [1.54, 1.807) is 0 Å². The maximum absolute atomic E-state index is 5.48. The van der Waals surface area contributed by atoms with Gasteiger partial charge in [0.1, 0.15) is 0 Å². The van der Waals surface area contributed by atoms with Crippen LogP contribution in [-0.4, -0.2) is 24.5 Å². The molecule has 1 rings (SSSR count). The summed E-state index contributed by atoms with van der Waals surface area (Å²) in [7, 11) is 0. The van der Waals surface area contributed by atoms with Crippen molar-refractivity contribution in [1.82, 2.24) is 4.90 Å². The molecule has 16 heavy (non-hydrogen) atoms. The van der Waals surface area contributed by atoms with E-state index in [1.165, 1.54) is 37.1 Å². The SMILES string of the molecule is CCN(CCCCCCN)Cc1cccs1. The van der Waals surface area contributed by atoms with Crippen molar-refractivity contribution in [1.29, 1.82) is 0 Å². The van der Waals surface area contributed by atoms with Crippen LogP contribution in [0.25, 0.3) is 0 Å². The highest BCUT2D eigenvalue weighted by molar-refractivity contribution is 7.09. The van der Waals surface area contributed by atoms with Crippen molar-refractivity contribution in [3.8, 4) is 0 Å². The lowest BCUT2D eigenvalue weighted by Crippen LogP contribution is -2.23. The van der Waals surface area contributed by atoms with Crippen LogP contribution in [0.3, 0.4) is 0 Å². The minimum absolute atomic E-state index is 0.840. The van der Waals surface area contributed by atoms with Gasteiger partial charge in [0.25, 0.3) is 0 Å². The second-order valence-corrected chi connectivity index (χ2v) is 5.18. The van der Waals surface area contributed by atoms with Gasteiger partial charge in [-0.15, -0.1) is 11.3 Å². The number of nitrogens with two attached hydrogens (primary N) is 1. The fraction of sp³-hybridized carbons (Fsp3) is 0.692. The Bertz CT molecular complexity index is 246. The molecular weight excluding hydrogens is 216 g/mol. The third-order valence-corrected chi connectivity index (χ3v) is 3.70. The number of nitrogens with zero attached hydrogens (tertiary/aromatic N) is 1. The van der Waals surface area contributed by atoms with Crippen molar-refractivity contribution in [2.75, 3.05) is 19.6 Å². The van der Waals surface area contributed by atoms with E-state index in [-0.39, 0.29) is 0 Å². The smallest absolute Gasteiger partial charge is 0.0327 e. The zero-order chi connectivity index (χ0) is 11.6. The first-order valence-electron chi connectivity index (χ1n) is 6.31. The summed E-state index contributed by atoms with van der Waals surface area (Å²) in [6.07, 6.45) is 5.08. The van der Waals surface area contributed by atoms with Gasteiger partial charge >= 0.3 is 0 Å².